The number of pyridine rings is 1. The number of rotatable bonds is 4. The molecule has 0 spiro atoms. The molecular formula is C27H33N5O3. The number of nitrogens with one attached hydrogen (secondary N) is 1. The number of anilines is 2. The van der Waals surface area contributed by atoms with Gasteiger partial charge < -0.3 is 19.9 Å². The molecule has 2 aliphatic rings. The Labute approximate surface area is 206 Å². The zero-order chi connectivity index (χ0) is 25.4. The van der Waals surface area contributed by atoms with Crippen LogP contribution in [0.3, 0.4) is 0 Å². The molecule has 1 saturated heterocycles. The first-order chi connectivity index (χ1) is 16.5. The number of aromatic nitrogens is 1. The van der Waals surface area contributed by atoms with Gasteiger partial charge in [0.15, 0.2) is 0 Å². The van der Waals surface area contributed by atoms with Gasteiger partial charge in [0.25, 0.3) is 0 Å². The summed E-state index contributed by atoms with van der Waals surface area (Å²) in [6.45, 7) is 11.0. The summed E-state index contributed by atoms with van der Waals surface area (Å²) in [5, 5.41) is 12.6. The molecule has 0 radical (unpaired) electrons. The molecule has 2 aromatic rings. The molecule has 1 atom stereocenters. The van der Waals surface area contributed by atoms with Gasteiger partial charge in [-0.05, 0) is 65.2 Å². The molecule has 3 heterocycles. The van der Waals surface area contributed by atoms with E-state index in [0.717, 1.165) is 42.0 Å². The molecular weight excluding hydrogens is 442 g/mol. The number of piperidine rings is 1. The second-order valence-corrected chi connectivity index (χ2v) is 10.7. The van der Waals surface area contributed by atoms with E-state index in [9.17, 15) is 14.9 Å². The molecule has 4 rings (SSSR count). The number of hydrogen-bond acceptors (Lipinski definition) is 6. The molecule has 2 amide bonds. The Morgan fingerprint density at radius 2 is 2.03 bits per heavy atom. The lowest BCUT2D eigenvalue weighted by Crippen LogP contribution is -2.49. The van der Waals surface area contributed by atoms with Crippen LogP contribution in [0.4, 0.5) is 16.2 Å². The SMILES string of the molecule is CC(C)(C)OC(=O)N[C@@H]1CCCN(c2ccnc3c2N(Cc2ccccc2C#N)C(=O)C3(C)C)C1. The zero-order valence-corrected chi connectivity index (χ0v) is 21.1. The molecule has 0 bridgehead atoms. The summed E-state index contributed by atoms with van der Waals surface area (Å²) < 4.78 is 5.44. The Morgan fingerprint density at radius 3 is 2.74 bits per heavy atom. The van der Waals surface area contributed by atoms with E-state index >= 15 is 0 Å². The second-order valence-electron chi connectivity index (χ2n) is 10.7. The van der Waals surface area contributed by atoms with E-state index in [1.807, 2.05) is 58.9 Å². The summed E-state index contributed by atoms with van der Waals surface area (Å²) in [7, 11) is 0. The van der Waals surface area contributed by atoms with Crippen molar-refractivity contribution in [3.05, 3.63) is 53.3 Å². The summed E-state index contributed by atoms with van der Waals surface area (Å²) in [6.07, 6.45) is 3.08. The van der Waals surface area contributed by atoms with Crippen LogP contribution < -0.4 is 15.1 Å². The lowest BCUT2D eigenvalue weighted by atomic mass is 9.90. The van der Waals surface area contributed by atoms with E-state index in [1.165, 1.54) is 0 Å². The highest BCUT2D eigenvalue weighted by Gasteiger charge is 2.47. The average molecular weight is 476 g/mol. The summed E-state index contributed by atoms with van der Waals surface area (Å²) in [4.78, 5) is 34.5. The highest BCUT2D eigenvalue weighted by molar-refractivity contribution is 6.09. The second kappa shape index (κ2) is 9.21. The maximum Gasteiger partial charge on any atom is 0.407 e. The van der Waals surface area contributed by atoms with Crippen molar-refractivity contribution in [1.82, 2.24) is 10.3 Å². The van der Waals surface area contributed by atoms with Gasteiger partial charge in [-0.3, -0.25) is 9.78 Å². The summed E-state index contributed by atoms with van der Waals surface area (Å²) in [5.41, 5.74) is 2.44. The van der Waals surface area contributed by atoms with Crippen LogP contribution in [0.5, 0.6) is 0 Å². The number of alkyl carbamates (subject to hydrolysis) is 1. The molecule has 8 nitrogen and oxygen atoms in total. The van der Waals surface area contributed by atoms with E-state index in [0.29, 0.717) is 18.7 Å². The lowest BCUT2D eigenvalue weighted by molar-refractivity contribution is -0.122. The number of fused-ring (bicyclic) bond motifs is 1. The van der Waals surface area contributed by atoms with Crippen LogP contribution in [0, 0.1) is 11.3 Å². The number of ether oxygens (including phenoxy) is 1. The van der Waals surface area contributed by atoms with Crippen LogP contribution >= 0.6 is 0 Å². The monoisotopic (exact) mass is 475 g/mol. The van der Waals surface area contributed by atoms with Crippen molar-refractivity contribution in [1.29, 1.82) is 5.26 Å². The van der Waals surface area contributed by atoms with E-state index in [1.54, 1.807) is 17.2 Å². The first kappa shape index (κ1) is 24.5. The van der Waals surface area contributed by atoms with Crippen molar-refractivity contribution in [2.24, 2.45) is 0 Å². The molecule has 8 heteroatoms. The number of nitriles is 1. The van der Waals surface area contributed by atoms with Crippen molar-refractivity contribution in [2.75, 3.05) is 22.9 Å². The van der Waals surface area contributed by atoms with Gasteiger partial charge in [-0.2, -0.15) is 5.26 Å². The Balaban J connectivity index is 1.65. The number of hydrogen-bond donors (Lipinski definition) is 1. The molecule has 184 valence electrons. The quantitative estimate of drug-likeness (QED) is 0.709. The van der Waals surface area contributed by atoms with Crippen molar-refractivity contribution >= 4 is 23.4 Å². The fourth-order valence-electron chi connectivity index (χ4n) is 4.84. The zero-order valence-electron chi connectivity index (χ0n) is 21.1. The van der Waals surface area contributed by atoms with Crippen molar-refractivity contribution in [3.63, 3.8) is 0 Å². The minimum Gasteiger partial charge on any atom is -0.444 e. The van der Waals surface area contributed by atoms with E-state index in [-0.39, 0.29) is 11.9 Å². The van der Waals surface area contributed by atoms with Crippen LogP contribution in [0.15, 0.2) is 36.5 Å². The summed E-state index contributed by atoms with van der Waals surface area (Å²) >= 11 is 0. The molecule has 1 aromatic carbocycles. The maximum absolute atomic E-state index is 13.6. The predicted octanol–water partition coefficient (Wildman–Crippen LogP) is 4.27. The normalized spacial score (nSPS) is 19.2. The van der Waals surface area contributed by atoms with Crippen LogP contribution in [0.2, 0.25) is 0 Å². The number of nitrogens with zero attached hydrogens (tertiary/aromatic N) is 4. The van der Waals surface area contributed by atoms with Gasteiger partial charge >= 0.3 is 6.09 Å². The first-order valence-corrected chi connectivity index (χ1v) is 12.0. The van der Waals surface area contributed by atoms with Gasteiger partial charge in [0.2, 0.25) is 5.91 Å². The topological polar surface area (TPSA) is 98.6 Å². The standard InChI is InChI=1S/C27H33N5O3/c1-26(2,3)35-25(34)30-20-11-8-14-31(17-20)21-12-13-29-23-22(21)32(24(33)27(23,4)5)16-19-10-7-6-9-18(19)15-28/h6-7,9-10,12-13,20H,8,11,14,16-17H2,1-5H3,(H,30,34)/t20-/m1/s1. The number of carbonyl (C=O) groups excluding carboxylic acids is 2. The van der Waals surface area contributed by atoms with Gasteiger partial charge in [0.1, 0.15) is 5.60 Å². The minimum absolute atomic E-state index is 0.0411. The van der Waals surface area contributed by atoms with Crippen LogP contribution in [0.25, 0.3) is 0 Å². The third-order valence-electron chi connectivity index (χ3n) is 6.49. The Hall–Kier alpha value is -3.60. The van der Waals surface area contributed by atoms with Crippen molar-refractivity contribution in [2.45, 2.75) is 71.1 Å². The highest BCUT2D eigenvalue weighted by atomic mass is 16.6. The van der Waals surface area contributed by atoms with Gasteiger partial charge in [0.05, 0.1) is 40.7 Å². The molecule has 1 aromatic heterocycles. The molecule has 1 N–H and O–H groups in total. The number of carbonyl (C=O) groups is 2. The highest BCUT2D eigenvalue weighted by Crippen LogP contribution is 2.46. The molecule has 1 fully saturated rings. The van der Waals surface area contributed by atoms with Gasteiger partial charge in [-0.25, -0.2) is 4.79 Å². The molecule has 0 aliphatic carbocycles. The number of amides is 2. The summed E-state index contributed by atoms with van der Waals surface area (Å²) in [5.74, 6) is -0.0411. The fraction of sp³-hybridized carbons (Fsp3) is 0.481. The maximum atomic E-state index is 13.6. The first-order valence-electron chi connectivity index (χ1n) is 12.0. The van der Waals surface area contributed by atoms with Crippen molar-refractivity contribution < 1.29 is 14.3 Å². The fourth-order valence-corrected chi connectivity index (χ4v) is 4.84. The average Bonchev–Trinajstić information content (AvgIpc) is 2.99. The predicted molar refractivity (Wildman–Crippen MR) is 134 cm³/mol. The Kier molecular flexibility index (Phi) is 6.46. The van der Waals surface area contributed by atoms with E-state index in [2.05, 4.69) is 21.3 Å². The Morgan fingerprint density at radius 1 is 1.29 bits per heavy atom. The minimum atomic E-state index is -0.781. The molecule has 2 aliphatic heterocycles. The summed E-state index contributed by atoms with van der Waals surface area (Å²) in [6, 6.07) is 11.5. The molecule has 0 unspecified atom stereocenters. The third-order valence-corrected chi connectivity index (χ3v) is 6.49. The van der Waals surface area contributed by atoms with Crippen molar-refractivity contribution in [3.8, 4) is 6.07 Å². The molecule has 35 heavy (non-hydrogen) atoms. The lowest BCUT2D eigenvalue weighted by Gasteiger charge is -2.36. The largest absolute Gasteiger partial charge is 0.444 e. The van der Waals surface area contributed by atoms with E-state index < -0.39 is 17.1 Å². The number of benzene rings is 1. The third kappa shape index (κ3) is 4.95. The van der Waals surface area contributed by atoms with Crippen LogP contribution in [-0.2, 0) is 21.5 Å². The van der Waals surface area contributed by atoms with Gasteiger partial charge in [0, 0.05) is 25.3 Å². The Bertz CT molecular complexity index is 1180. The van der Waals surface area contributed by atoms with Crippen LogP contribution in [0.1, 0.15) is 64.3 Å². The van der Waals surface area contributed by atoms with Gasteiger partial charge in [-0.15, -0.1) is 0 Å². The van der Waals surface area contributed by atoms with E-state index in [4.69, 9.17) is 4.74 Å². The molecule has 0 saturated carbocycles. The smallest absolute Gasteiger partial charge is 0.407 e. The van der Waals surface area contributed by atoms with Gasteiger partial charge in [-0.1, -0.05) is 18.2 Å². The van der Waals surface area contributed by atoms with Crippen LogP contribution in [-0.4, -0.2) is 41.7 Å².